The molecule has 0 aromatic carbocycles. The van der Waals surface area contributed by atoms with Crippen molar-refractivity contribution in [2.24, 2.45) is 0 Å². The van der Waals surface area contributed by atoms with Gasteiger partial charge in [-0.05, 0) is 50.3 Å². The molecule has 1 atom stereocenters. The quantitative estimate of drug-likeness (QED) is 0.746. The first-order valence-corrected chi connectivity index (χ1v) is 6.97. The highest BCUT2D eigenvalue weighted by molar-refractivity contribution is 5.13. The molecule has 1 aromatic rings. The summed E-state index contributed by atoms with van der Waals surface area (Å²) in [6, 6.07) is 5.05. The first-order valence-electron chi connectivity index (χ1n) is 6.97. The zero-order valence-corrected chi connectivity index (χ0v) is 11.5. The molecule has 0 saturated heterocycles. The Balaban J connectivity index is 2.29. The lowest BCUT2D eigenvalue weighted by molar-refractivity contribution is 0.466. The number of aromatic nitrogens is 1. The van der Waals surface area contributed by atoms with E-state index in [-0.39, 0.29) is 0 Å². The van der Waals surface area contributed by atoms with Gasteiger partial charge in [-0.1, -0.05) is 26.8 Å². The van der Waals surface area contributed by atoms with Gasteiger partial charge in [0.2, 0.25) is 0 Å². The largest absolute Gasteiger partial charge is 0.314 e. The topological polar surface area (TPSA) is 24.9 Å². The molecule has 0 saturated carbocycles. The summed E-state index contributed by atoms with van der Waals surface area (Å²) < 4.78 is 0. The van der Waals surface area contributed by atoms with Crippen molar-refractivity contribution in [1.29, 1.82) is 0 Å². The van der Waals surface area contributed by atoms with Crippen molar-refractivity contribution in [1.82, 2.24) is 10.3 Å². The second-order valence-corrected chi connectivity index (χ2v) is 4.57. The van der Waals surface area contributed by atoms with Gasteiger partial charge < -0.3 is 5.32 Å². The predicted octanol–water partition coefficient (Wildman–Crippen LogP) is 3.35. The van der Waals surface area contributed by atoms with Crippen molar-refractivity contribution in [2.45, 2.75) is 58.9 Å². The van der Waals surface area contributed by atoms with Crippen LogP contribution in [0.3, 0.4) is 0 Å². The van der Waals surface area contributed by atoms with Crippen molar-refractivity contribution in [3.8, 4) is 0 Å². The molecule has 0 fully saturated rings. The van der Waals surface area contributed by atoms with E-state index in [2.05, 4.69) is 43.2 Å². The van der Waals surface area contributed by atoms with Crippen molar-refractivity contribution in [3.05, 3.63) is 29.6 Å². The highest BCUT2D eigenvalue weighted by atomic mass is 14.9. The van der Waals surface area contributed by atoms with Gasteiger partial charge in [0.05, 0.1) is 0 Å². The smallest absolute Gasteiger partial charge is 0.0403 e. The van der Waals surface area contributed by atoms with E-state index in [0.29, 0.717) is 6.04 Å². The zero-order chi connectivity index (χ0) is 12.5. The van der Waals surface area contributed by atoms with E-state index < -0.39 is 0 Å². The Hall–Kier alpha value is -0.890. The molecular formula is C15H26N2. The van der Waals surface area contributed by atoms with Gasteiger partial charge in [-0.15, -0.1) is 0 Å². The summed E-state index contributed by atoms with van der Waals surface area (Å²) in [7, 11) is 0. The van der Waals surface area contributed by atoms with Gasteiger partial charge in [-0.25, -0.2) is 0 Å². The van der Waals surface area contributed by atoms with Crippen LogP contribution in [-0.2, 0) is 12.8 Å². The zero-order valence-electron chi connectivity index (χ0n) is 11.5. The molecule has 0 bridgehead atoms. The molecule has 17 heavy (non-hydrogen) atoms. The van der Waals surface area contributed by atoms with E-state index in [1.165, 1.54) is 30.5 Å². The third-order valence-electron chi connectivity index (χ3n) is 3.27. The van der Waals surface area contributed by atoms with Gasteiger partial charge in [-0.2, -0.15) is 0 Å². The molecule has 0 aliphatic heterocycles. The van der Waals surface area contributed by atoms with Gasteiger partial charge in [-0.3, -0.25) is 4.98 Å². The lowest BCUT2D eigenvalue weighted by atomic mass is 10.1. The fraction of sp³-hybridized carbons (Fsp3) is 0.667. The summed E-state index contributed by atoms with van der Waals surface area (Å²) in [5, 5.41) is 3.52. The van der Waals surface area contributed by atoms with Gasteiger partial charge in [0.1, 0.15) is 0 Å². The van der Waals surface area contributed by atoms with Crippen LogP contribution < -0.4 is 5.32 Å². The van der Waals surface area contributed by atoms with E-state index in [1.807, 2.05) is 6.20 Å². The Bertz CT molecular complexity index is 292. The fourth-order valence-electron chi connectivity index (χ4n) is 2.08. The van der Waals surface area contributed by atoms with Crippen LogP contribution in [0.15, 0.2) is 18.3 Å². The molecule has 0 amide bonds. The van der Waals surface area contributed by atoms with Crippen molar-refractivity contribution >= 4 is 0 Å². The molecule has 1 heterocycles. The van der Waals surface area contributed by atoms with Gasteiger partial charge in [0.15, 0.2) is 0 Å². The number of hydrogen-bond acceptors (Lipinski definition) is 2. The van der Waals surface area contributed by atoms with Crippen molar-refractivity contribution < 1.29 is 0 Å². The summed E-state index contributed by atoms with van der Waals surface area (Å²) in [4.78, 5) is 4.50. The minimum Gasteiger partial charge on any atom is -0.314 e. The average molecular weight is 234 g/mol. The molecule has 1 aromatic heterocycles. The molecule has 2 heteroatoms. The van der Waals surface area contributed by atoms with Crippen LogP contribution >= 0.6 is 0 Å². The Morgan fingerprint density at radius 2 is 2.06 bits per heavy atom. The number of hydrogen-bond donors (Lipinski definition) is 1. The fourth-order valence-corrected chi connectivity index (χ4v) is 2.08. The summed E-state index contributed by atoms with van der Waals surface area (Å²) in [5.74, 6) is 0. The predicted molar refractivity (Wildman–Crippen MR) is 74.3 cm³/mol. The summed E-state index contributed by atoms with van der Waals surface area (Å²) in [6.45, 7) is 7.66. The van der Waals surface area contributed by atoms with Crippen LogP contribution in [0, 0.1) is 0 Å². The summed E-state index contributed by atoms with van der Waals surface area (Å²) >= 11 is 0. The number of nitrogens with zero attached hydrogens (tertiary/aromatic N) is 1. The second kappa shape index (κ2) is 8.24. The van der Waals surface area contributed by atoms with E-state index in [1.54, 1.807) is 0 Å². The molecule has 0 spiro atoms. The molecule has 96 valence electrons. The SMILES string of the molecule is CCNC(CC)CCCc1ccc(CC)cn1. The first-order chi connectivity index (χ1) is 8.30. The number of pyridine rings is 1. The highest BCUT2D eigenvalue weighted by Gasteiger charge is 2.04. The minimum absolute atomic E-state index is 0.676. The highest BCUT2D eigenvalue weighted by Crippen LogP contribution is 2.08. The number of aryl methyl sites for hydroxylation is 2. The number of nitrogens with one attached hydrogen (secondary N) is 1. The van der Waals surface area contributed by atoms with E-state index in [4.69, 9.17) is 0 Å². The Morgan fingerprint density at radius 3 is 2.59 bits per heavy atom. The average Bonchev–Trinajstić information content (AvgIpc) is 2.38. The Kier molecular flexibility index (Phi) is 6.87. The second-order valence-electron chi connectivity index (χ2n) is 4.57. The van der Waals surface area contributed by atoms with E-state index in [0.717, 1.165) is 19.4 Å². The Morgan fingerprint density at radius 1 is 1.24 bits per heavy atom. The lowest BCUT2D eigenvalue weighted by Gasteiger charge is -2.15. The summed E-state index contributed by atoms with van der Waals surface area (Å²) in [5.41, 5.74) is 2.56. The molecule has 1 unspecified atom stereocenters. The third-order valence-corrected chi connectivity index (χ3v) is 3.27. The van der Waals surface area contributed by atoms with Crippen LogP contribution in [0.2, 0.25) is 0 Å². The maximum absolute atomic E-state index is 4.50. The standard InChI is InChI=1S/C15H26N2/c1-4-13-10-11-15(17-12-13)9-7-8-14(5-2)16-6-3/h10-12,14,16H,4-9H2,1-3H3. The van der Waals surface area contributed by atoms with Crippen LogP contribution in [0.1, 0.15) is 51.3 Å². The number of rotatable bonds is 8. The van der Waals surface area contributed by atoms with Crippen molar-refractivity contribution in [3.63, 3.8) is 0 Å². The normalized spacial score (nSPS) is 12.6. The van der Waals surface area contributed by atoms with Crippen LogP contribution in [-0.4, -0.2) is 17.6 Å². The molecule has 2 nitrogen and oxygen atoms in total. The monoisotopic (exact) mass is 234 g/mol. The molecule has 0 aliphatic rings. The molecule has 0 aliphatic carbocycles. The van der Waals surface area contributed by atoms with Gasteiger partial charge in [0, 0.05) is 17.9 Å². The van der Waals surface area contributed by atoms with Gasteiger partial charge in [0.25, 0.3) is 0 Å². The minimum atomic E-state index is 0.676. The van der Waals surface area contributed by atoms with E-state index >= 15 is 0 Å². The molecule has 1 rings (SSSR count). The summed E-state index contributed by atoms with van der Waals surface area (Å²) in [6.07, 6.45) is 7.88. The van der Waals surface area contributed by atoms with Gasteiger partial charge >= 0.3 is 0 Å². The maximum Gasteiger partial charge on any atom is 0.0403 e. The van der Waals surface area contributed by atoms with Crippen LogP contribution in [0.25, 0.3) is 0 Å². The molecule has 1 N–H and O–H groups in total. The van der Waals surface area contributed by atoms with Crippen LogP contribution in [0.4, 0.5) is 0 Å². The lowest BCUT2D eigenvalue weighted by Crippen LogP contribution is -2.28. The maximum atomic E-state index is 4.50. The van der Waals surface area contributed by atoms with Crippen molar-refractivity contribution in [2.75, 3.05) is 6.54 Å². The molecule has 0 radical (unpaired) electrons. The van der Waals surface area contributed by atoms with Crippen LogP contribution in [0.5, 0.6) is 0 Å². The third kappa shape index (κ3) is 5.31. The van der Waals surface area contributed by atoms with E-state index in [9.17, 15) is 0 Å². The Labute approximate surface area is 106 Å². The first kappa shape index (κ1) is 14.2. The molecular weight excluding hydrogens is 208 g/mol.